The fourth-order valence-corrected chi connectivity index (χ4v) is 3.28. The SMILES string of the molecule is Nc1cc(-c2ccccc2)nc2c(C3CCCC3)cnn12. The number of hydrogen-bond acceptors (Lipinski definition) is 3. The molecule has 0 saturated heterocycles. The Balaban J connectivity index is 1.89. The largest absolute Gasteiger partial charge is 0.384 e. The summed E-state index contributed by atoms with van der Waals surface area (Å²) in [6.07, 6.45) is 7.02. The van der Waals surface area contributed by atoms with E-state index in [0.29, 0.717) is 11.7 Å². The number of nitrogen functional groups attached to an aromatic ring is 1. The van der Waals surface area contributed by atoms with Crippen LogP contribution in [0.5, 0.6) is 0 Å². The number of benzene rings is 1. The molecule has 1 aliphatic rings. The highest BCUT2D eigenvalue weighted by Gasteiger charge is 2.22. The van der Waals surface area contributed by atoms with Gasteiger partial charge in [-0.05, 0) is 18.8 Å². The molecule has 1 fully saturated rings. The molecule has 0 aliphatic heterocycles. The average molecular weight is 278 g/mol. The number of fused-ring (bicyclic) bond motifs is 1. The van der Waals surface area contributed by atoms with E-state index in [2.05, 4.69) is 17.2 Å². The van der Waals surface area contributed by atoms with Crippen LogP contribution in [0.15, 0.2) is 42.6 Å². The maximum absolute atomic E-state index is 6.17. The lowest BCUT2D eigenvalue weighted by Crippen LogP contribution is -2.02. The Morgan fingerprint density at radius 2 is 1.86 bits per heavy atom. The van der Waals surface area contributed by atoms with Crippen LogP contribution in [0.2, 0.25) is 0 Å². The van der Waals surface area contributed by atoms with E-state index in [9.17, 15) is 0 Å². The first-order valence-electron chi connectivity index (χ1n) is 7.52. The van der Waals surface area contributed by atoms with E-state index in [0.717, 1.165) is 16.9 Å². The fraction of sp³-hybridized carbons (Fsp3) is 0.294. The highest BCUT2D eigenvalue weighted by Crippen LogP contribution is 2.36. The minimum absolute atomic E-state index is 0.584. The van der Waals surface area contributed by atoms with Gasteiger partial charge in [-0.3, -0.25) is 0 Å². The molecule has 2 N–H and O–H groups in total. The fourth-order valence-electron chi connectivity index (χ4n) is 3.28. The van der Waals surface area contributed by atoms with Gasteiger partial charge in [-0.1, -0.05) is 43.2 Å². The monoisotopic (exact) mass is 278 g/mol. The van der Waals surface area contributed by atoms with Gasteiger partial charge >= 0.3 is 0 Å². The summed E-state index contributed by atoms with van der Waals surface area (Å²) in [6, 6.07) is 12.1. The maximum Gasteiger partial charge on any atom is 0.161 e. The van der Waals surface area contributed by atoms with Crippen molar-refractivity contribution in [3.05, 3.63) is 48.2 Å². The quantitative estimate of drug-likeness (QED) is 0.778. The zero-order valence-electron chi connectivity index (χ0n) is 11.9. The van der Waals surface area contributed by atoms with Crippen LogP contribution in [0.1, 0.15) is 37.2 Å². The Kier molecular flexibility index (Phi) is 2.88. The van der Waals surface area contributed by atoms with E-state index in [1.165, 1.54) is 31.2 Å². The van der Waals surface area contributed by atoms with Crippen LogP contribution in [0.3, 0.4) is 0 Å². The molecule has 4 nitrogen and oxygen atoms in total. The van der Waals surface area contributed by atoms with Gasteiger partial charge in [-0.15, -0.1) is 0 Å². The van der Waals surface area contributed by atoms with Gasteiger partial charge in [-0.25, -0.2) is 4.98 Å². The molecule has 1 aromatic carbocycles. The Bertz CT molecular complexity index is 770. The lowest BCUT2D eigenvalue weighted by Gasteiger charge is -2.09. The van der Waals surface area contributed by atoms with Crippen molar-refractivity contribution in [3.8, 4) is 11.3 Å². The summed E-state index contributed by atoms with van der Waals surface area (Å²) >= 11 is 0. The molecule has 4 rings (SSSR count). The third kappa shape index (κ3) is 2.07. The van der Waals surface area contributed by atoms with Crippen molar-refractivity contribution in [3.63, 3.8) is 0 Å². The summed E-state index contributed by atoms with van der Waals surface area (Å²) in [5, 5.41) is 4.43. The van der Waals surface area contributed by atoms with Crippen molar-refractivity contribution < 1.29 is 0 Å². The Morgan fingerprint density at radius 1 is 1.10 bits per heavy atom. The highest BCUT2D eigenvalue weighted by molar-refractivity contribution is 5.67. The normalized spacial score (nSPS) is 15.8. The van der Waals surface area contributed by atoms with E-state index in [1.54, 1.807) is 4.52 Å². The van der Waals surface area contributed by atoms with Crippen LogP contribution >= 0.6 is 0 Å². The summed E-state index contributed by atoms with van der Waals surface area (Å²) in [6.45, 7) is 0. The molecule has 3 aromatic rings. The summed E-state index contributed by atoms with van der Waals surface area (Å²) in [5.41, 5.74) is 10.3. The Hall–Kier alpha value is -2.36. The van der Waals surface area contributed by atoms with Crippen LogP contribution < -0.4 is 5.73 Å². The lowest BCUT2D eigenvalue weighted by molar-refractivity contribution is 0.727. The molecule has 0 amide bonds. The number of hydrogen-bond donors (Lipinski definition) is 1. The second-order valence-corrected chi connectivity index (χ2v) is 5.75. The zero-order chi connectivity index (χ0) is 14.2. The second-order valence-electron chi connectivity index (χ2n) is 5.75. The molecule has 1 aliphatic carbocycles. The molecule has 1 saturated carbocycles. The molecule has 0 atom stereocenters. The van der Waals surface area contributed by atoms with Gasteiger partial charge in [-0.2, -0.15) is 9.61 Å². The third-order valence-corrected chi connectivity index (χ3v) is 4.39. The molecule has 2 heterocycles. The number of aromatic nitrogens is 3. The van der Waals surface area contributed by atoms with Crippen LogP contribution in [0.25, 0.3) is 16.9 Å². The summed E-state index contributed by atoms with van der Waals surface area (Å²) in [4.78, 5) is 4.83. The molecule has 2 aromatic heterocycles. The molecule has 0 bridgehead atoms. The van der Waals surface area contributed by atoms with E-state index < -0.39 is 0 Å². The van der Waals surface area contributed by atoms with Crippen LogP contribution in [-0.2, 0) is 0 Å². The van der Waals surface area contributed by atoms with Gasteiger partial charge in [0.15, 0.2) is 5.65 Å². The van der Waals surface area contributed by atoms with Crippen molar-refractivity contribution in [2.24, 2.45) is 0 Å². The minimum atomic E-state index is 0.584. The van der Waals surface area contributed by atoms with Crippen LogP contribution in [-0.4, -0.2) is 14.6 Å². The van der Waals surface area contributed by atoms with Crippen LogP contribution in [0.4, 0.5) is 5.82 Å². The van der Waals surface area contributed by atoms with E-state index in [-0.39, 0.29) is 0 Å². The minimum Gasteiger partial charge on any atom is -0.384 e. The predicted molar refractivity (Wildman–Crippen MR) is 84.0 cm³/mol. The smallest absolute Gasteiger partial charge is 0.161 e. The zero-order valence-corrected chi connectivity index (χ0v) is 11.9. The van der Waals surface area contributed by atoms with Crippen molar-refractivity contribution in [2.75, 3.05) is 5.73 Å². The van der Waals surface area contributed by atoms with Gasteiger partial charge in [0.2, 0.25) is 0 Å². The van der Waals surface area contributed by atoms with Crippen molar-refractivity contribution >= 4 is 11.5 Å². The second kappa shape index (κ2) is 4.88. The molecular formula is C17H18N4. The first-order valence-corrected chi connectivity index (χ1v) is 7.52. The number of anilines is 1. The summed E-state index contributed by atoms with van der Waals surface area (Å²) in [5.74, 6) is 1.23. The van der Waals surface area contributed by atoms with E-state index in [1.807, 2.05) is 30.5 Å². The highest BCUT2D eigenvalue weighted by atomic mass is 15.3. The average Bonchev–Trinajstić information content (AvgIpc) is 3.16. The Labute approximate surface area is 123 Å². The first kappa shape index (κ1) is 12.4. The molecular weight excluding hydrogens is 260 g/mol. The molecule has 21 heavy (non-hydrogen) atoms. The molecule has 0 spiro atoms. The van der Waals surface area contributed by atoms with E-state index >= 15 is 0 Å². The van der Waals surface area contributed by atoms with E-state index in [4.69, 9.17) is 10.7 Å². The van der Waals surface area contributed by atoms with Crippen molar-refractivity contribution in [2.45, 2.75) is 31.6 Å². The van der Waals surface area contributed by atoms with Gasteiger partial charge in [0.05, 0.1) is 11.9 Å². The lowest BCUT2D eigenvalue weighted by atomic mass is 10.0. The number of nitrogens with zero attached hydrogens (tertiary/aromatic N) is 3. The topological polar surface area (TPSA) is 56.2 Å². The molecule has 0 unspecified atom stereocenters. The van der Waals surface area contributed by atoms with Crippen molar-refractivity contribution in [1.82, 2.24) is 14.6 Å². The molecule has 4 heteroatoms. The molecule has 106 valence electrons. The predicted octanol–water partition coefficient (Wildman–Crippen LogP) is 3.64. The van der Waals surface area contributed by atoms with Gasteiger partial charge in [0.1, 0.15) is 5.82 Å². The maximum atomic E-state index is 6.17. The number of rotatable bonds is 2. The Morgan fingerprint density at radius 3 is 2.62 bits per heavy atom. The first-order chi connectivity index (χ1) is 10.3. The van der Waals surface area contributed by atoms with Crippen LogP contribution in [0, 0.1) is 0 Å². The van der Waals surface area contributed by atoms with Gasteiger partial charge < -0.3 is 5.73 Å². The standard InChI is InChI=1S/C17H18N4/c18-16-10-15(13-8-2-1-3-9-13)20-17-14(11-19-21(16)17)12-6-4-5-7-12/h1-3,8-12H,4-7,18H2. The van der Waals surface area contributed by atoms with Crippen molar-refractivity contribution in [1.29, 1.82) is 0 Å². The summed E-state index contributed by atoms with van der Waals surface area (Å²) < 4.78 is 1.76. The molecule has 0 radical (unpaired) electrons. The summed E-state index contributed by atoms with van der Waals surface area (Å²) in [7, 11) is 0. The third-order valence-electron chi connectivity index (χ3n) is 4.39. The van der Waals surface area contributed by atoms with Gasteiger partial charge in [0, 0.05) is 17.2 Å². The number of nitrogens with two attached hydrogens (primary N) is 1. The van der Waals surface area contributed by atoms with Gasteiger partial charge in [0.25, 0.3) is 0 Å².